The summed E-state index contributed by atoms with van der Waals surface area (Å²) in [7, 11) is 1.77. The highest BCUT2D eigenvalue weighted by Gasteiger charge is 2.37. The molecule has 0 amide bonds. The predicted molar refractivity (Wildman–Crippen MR) is 84.0 cm³/mol. The molecule has 2 rings (SSSR count). The molecule has 1 aliphatic rings. The first-order chi connectivity index (χ1) is 9.05. The monoisotopic (exact) mass is 325 g/mol. The van der Waals surface area contributed by atoms with Crippen molar-refractivity contribution < 1.29 is 4.74 Å². The molecule has 2 N–H and O–H groups in total. The van der Waals surface area contributed by atoms with Crippen LogP contribution in [-0.4, -0.2) is 13.7 Å². The average Bonchev–Trinajstić information content (AvgIpc) is 2.43. The van der Waals surface area contributed by atoms with Crippen molar-refractivity contribution in [2.45, 2.75) is 51.4 Å². The summed E-state index contributed by atoms with van der Waals surface area (Å²) < 4.78 is 6.88. The zero-order valence-corrected chi connectivity index (χ0v) is 13.8. The topological polar surface area (TPSA) is 35.2 Å². The molecule has 1 fully saturated rings. The van der Waals surface area contributed by atoms with E-state index in [-0.39, 0.29) is 5.41 Å². The molecule has 1 aromatic carbocycles. The Hall–Kier alpha value is -0.540. The van der Waals surface area contributed by atoms with Gasteiger partial charge in [0.2, 0.25) is 0 Å². The van der Waals surface area contributed by atoms with Crippen LogP contribution in [0.25, 0.3) is 0 Å². The molecular formula is C16H24BrNO. The van der Waals surface area contributed by atoms with Gasteiger partial charge in [-0.3, -0.25) is 0 Å². The summed E-state index contributed by atoms with van der Waals surface area (Å²) in [6.07, 6.45) is 6.22. The number of ether oxygens (including phenoxy) is 1. The smallest absolute Gasteiger partial charge is 0.125 e. The van der Waals surface area contributed by atoms with E-state index in [0.29, 0.717) is 6.54 Å². The van der Waals surface area contributed by atoms with Crippen LogP contribution in [0, 0.1) is 13.8 Å². The molecule has 0 bridgehead atoms. The molecule has 106 valence electrons. The van der Waals surface area contributed by atoms with Gasteiger partial charge in [-0.25, -0.2) is 0 Å². The Morgan fingerprint density at radius 2 is 1.89 bits per heavy atom. The first kappa shape index (κ1) is 14.9. The Morgan fingerprint density at radius 1 is 1.26 bits per heavy atom. The lowest BCUT2D eigenvalue weighted by Gasteiger charge is -2.39. The summed E-state index contributed by atoms with van der Waals surface area (Å²) in [6, 6.07) is 2.14. The van der Waals surface area contributed by atoms with Crippen LogP contribution >= 0.6 is 15.9 Å². The van der Waals surface area contributed by atoms with Gasteiger partial charge in [-0.05, 0) is 43.9 Å². The van der Waals surface area contributed by atoms with Crippen LogP contribution in [0.1, 0.15) is 48.8 Å². The van der Waals surface area contributed by atoms with E-state index >= 15 is 0 Å². The van der Waals surface area contributed by atoms with Crippen LogP contribution < -0.4 is 10.5 Å². The summed E-state index contributed by atoms with van der Waals surface area (Å²) in [5.74, 6) is 1.04. The largest absolute Gasteiger partial charge is 0.496 e. The molecule has 0 saturated heterocycles. The van der Waals surface area contributed by atoms with E-state index in [0.717, 1.165) is 5.75 Å². The van der Waals surface area contributed by atoms with Crippen molar-refractivity contribution in [1.29, 1.82) is 0 Å². The van der Waals surface area contributed by atoms with E-state index in [4.69, 9.17) is 10.5 Å². The lowest BCUT2D eigenvalue weighted by Crippen LogP contribution is -2.38. The summed E-state index contributed by atoms with van der Waals surface area (Å²) in [6.45, 7) is 4.99. The summed E-state index contributed by atoms with van der Waals surface area (Å²) in [5, 5.41) is 0. The normalized spacial score (nSPS) is 18.4. The van der Waals surface area contributed by atoms with E-state index in [1.807, 2.05) is 0 Å². The summed E-state index contributed by atoms with van der Waals surface area (Å²) in [5.41, 5.74) is 10.1. The number of hydrogen-bond donors (Lipinski definition) is 1. The van der Waals surface area contributed by atoms with Gasteiger partial charge in [0.25, 0.3) is 0 Å². The number of methoxy groups -OCH3 is 1. The fourth-order valence-corrected chi connectivity index (χ4v) is 4.08. The average molecular weight is 326 g/mol. The van der Waals surface area contributed by atoms with Gasteiger partial charge in [-0.2, -0.15) is 0 Å². The van der Waals surface area contributed by atoms with E-state index < -0.39 is 0 Å². The van der Waals surface area contributed by atoms with Crippen molar-refractivity contribution in [3.63, 3.8) is 0 Å². The lowest BCUT2D eigenvalue weighted by atomic mass is 9.67. The van der Waals surface area contributed by atoms with Crippen LogP contribution in [-0.2, 0) is 5.41 Å². The highest BCUT2D eigenvalue weighted by molar-refractivity contribution is 9.10. The van der Waals surface area contributed by atoms with Crippen molar-refractivity contribution in [3.8, 4) is 5.75 Å². The zero-order valence-electron chi connectivity index (χ0n) is 12.2. The van der Waals surface area contributed by atoms with Gasteiger partial charge in [0.15, 0.2) is 0 Å². The summed E-state index contributed by atoms with van der Waals surface area (Å²) >= 11 is 3.68. The van der Waals surface area contributed by atoms with Gasteiger partial charge in [-0.15, -0.1) is 0 Å². The number of hydrogen-bond acceptors (Lipinski definition) is 2. The first-order valence-electron chi connectivity index (χ1n) is 7.10. The van der Waals surface area contributed by atoms with Gasteiger partial charge >= 0.3 is 0 Å². The number of halogens is 1. The molecule has 0 unspecified atom stereocenters. The SMILES string of the molecule is COc1c(C)cc(Br)c(C)c1C1(CN)CCCCC1. The van der Waals surface area contributed by atoms with Crippen molar-refractivity contribution >= 4 is 15.9 Å². The molecule has 0 atom stereocenters. The highest BCUT2D eigenvalue weighted by atomic mass is 79.9. The molecule has 0 heterocycles. The van der Waals surface area contributed by atoms with Crippen LogP contribution in [0.4, 0.5) is 0 Å². The van der Waals surface area contributed by atoms with E-state index in [1.165, 1.54) is 53.3 Å². The Labute approximate surface area is 124 Å². The Bertz CT molecular complexity index is 464. The molecule has 1 saturated carbocycles. The van der Waals surface area contributed by atoms with Gasteiger partial charge in [0, 0.05) is 22.0 Å². The van der Waals surface area contributed by atoms with E-state index in [9.17, 15) is 0 Å². The quantitative estimate of drug-likeness (QED) is 0.902. The molecule has 19 heavy (non-hydrogen) atoms. The van der Waals surface area contributed by atoms with Crippen molar-refractivity contribution in [2.75, 3.05) is 13.7 Å². The fourth-order valence-electron chi connectivity index (χ4n) is 3.54. The minimum absolute atomic E-state index is 0.0994. The Balaban J connectivity index is 2.64. The Morgan fingerprint density at radius 3 is 2.42 bits per heavy atom. The second kappa shape index (κ2) is 5.84. The van der Waals surface area contributed by atoms with Crippen LogP contribution in [0.3, 0.4) is 0 Å². The maximum atomic E-state index is 6.19. The molecule has 1 aliphatic carbocycles. The first-order valence-corrected chi connectivity index (χ1v) is 7.89. The summed E-state index contributed by atoms with van der Waals surface area (Å²) in [4.78, 5) is 0. The highest BCUT2D eigenvalue weighted by Crippen LogP contribution is 2.46. The Kier molecular flexibility index (Phi) is 4.57. The number of rotatable bonds is 3. The maximum absolute atomic E-state index is 6.19. The molecule has 1 aromatic rings. The van der Waals surface area contributed by atoms with Gasteiger partial charge in [0.1, 0.15) is 5.75 Å². The lowest BCUT2D eigenvalue weighted by molar-refractivity contribution is 0.286. The second-order valence-corrected chi connectivity index (χ2v) is 6.61. The molecule has 0 spiro atoms. The van der Waals surface area contributed by atoms with Crippen molar-refractivity contribution in [1.82, 2.24) is 0 Å². The molecule has 0 radical (unpaired) electrons. The molecule has 3 heteroatoms. The molecular weight excluding hydrogens is 302 g/mol. The third-order valence-electron chi connectivity index (χ3n) is 4.60. The van der Waals surface area contributed by atoms with Crippen LogP contribution in [0.5, 0.6) is 5.75 Å². The molecule has 0 aliphatic heterocycles. The third kappa shape index (κ3) is 2.55. The van der Waals surface area contributed by atoms with Crippen LogP contribution in [0.2, 0.25) is 0 Å². The van der Waals surface area contributed by atoms with Gasteiger partial charge in [-0.1, -0.05) is 35.2 Å². The molecule has 0 aromatic heterocycles. The predicted octanol–water partition coefficient (Wildman–Crippen LogP) is 4.24. The fraction of sp³-hybridized carbons (Fsp3) is 0.625. The van der Waals surface area contributed by atoms with Crippen molar-refractivity contribution in [2.24, 2.45) is 5.73 Å². The molecule has 2 nitrogen and oxygen atoms in total. The van der Waals surface area contributed by atoms with E-state index in [1.54, 1.807) is 7.11 Å². The van der Waals surface area contributed by atoms with Gasteiger partial charge < -0.3 is 10.5 Å². The number of nitrogens with two attached hydrogens (primary N) is 1. The van der Waals surface area contributed by atoms with Crippen LogP contribution in [0.15, 0.2) is 10.5 Å². The van der Waals surface area contributed by atoms with E-state index in [2.05, 4.69) is 35.8 Å². The standard InChI is InChI=1S/C16H24BrNO/c1-11-9-13(17)12(2)14(15(11)19-3)16(10-18)7-5-4-6-8-16/h9H,4-8,10,18H2,1-3H3. The number of aryl methyl sites for hydroxylation is 1. The minimum atomic E-state index is 0.0994. The maximum Gasteiger partial charge on any atom is 0.125 e. The minimum Gasteiger partial charge on any atom is -0.496 e. The number of benzene rings is 1. The zero-order chi connectivity index (χ0) is 14.0. The van der Waals surface area contributed by atoms with Gasteiger partial charge in [0.05, 0.1) is 7.11 Å². The third-order valence-corrected chi connectivity index (χ3v) is 5.42. The second-order valence-electron chi connectivity index (χ2n) is 5.75. The van der Waals surface area contributed by atoms with Crippen molar-refractivity contribution in [3.05, 3.63) is 27.2 Å².